The Kier molecular flexibility index (Phi) is 4.36. The van der Waals surface area contributed by atoms with Crippen LogP contribution in [0, 0.1) is 5.92 Å². The van der Waals surface area contributed by atoms with Gasteiger partial charge in [0, 0.05) is 29.7 Å². The lowest BCUT2D eigenvalue weighted by Gasteiger charge is -2.24. The van der Waals surface area contributed by atoms with Gasteiger partial charge in [-0.2, -0.15) is 0 Å². The molecule has 0 radical (unpaired) electrons. The van der Waals surface area contributed by atoms with Crippen molar-refractivity contribution in [3.8, 4) is 10.4 Å². The topological polar surface area (TPSA) is 84.0 Å². The first-order valence-electron chi connectivity index (χ1n) is 8.45. The number of pyridine rings is 1. The molecule has 138 valence electrons. The van der Waals surface area contributed by atoms with Gasteiger partial charge in [0.05, 0.1) is 10.8 Å². The van der Waals surface area contributed by atoms with E-state index in [0.29, 0.717) is 10.3 Å². The molecule has 1 aliphatic heterocycles. The maximum absolute atomic E-state index is 12.6. The van der Waals surface area contributed by atoms with Crippen molar-refractivity contribution in [1.29, 1.82) is 0 Å². The molecule has 4 rings (SSSR count). The second-order valence-corrected chi connectivity index (χ2v) is 8.53. The molecule has 1 saturated heterocycles. The van der Waals surface area contributed by atoms with Gasteiger partial charge in [0.2, 0.25) is 11.8 Å². The highest BCUT2D eigenvalue weighted by atomic mass is 35.5. The number of nitrogens with one attached hydrogen (secondary N) is 2. The van der Waals surface area contributed by atoms with E-state index in [-0.39, 0.29) is 18.2 Å². The fourth-order valence-electron chi connectivity index (χ4n) is 3.28. The van der Waals surface area contributed by atoms with Crippen molar-refractivity contribution in [3.05, 3.63) is 41.8 Å². The van der Waals surface area contributed by atoms with Crippen LogP contribution in [0.1, 0.15) is 20.3 Å². The van der Waals surface area contributed by atoms with Gasteiger partial charge in [0.1, 0.15) is 5.15 Å². The average Bonchev–Trinajstić information content (AvgIpc) is 3.17. The van der Waals surface area contributed by atoms with Gasteiger partial charge in [0.15, 0.2) is 5.13 Å². The number of halogens is 1. The van der Waals surface area contributed by atoms with E-state index in [9.17, 15) is 9.59 Å². The van der Waals surface area contributed by atoms with Crippen molar-refractivity contribution in [2.75, 3.05) is 5.32 Å². The van der Waals surface area contributed by atoms with Crippen molar-refractivity contribution < 1.29 is 9.59 Å². The van der Waals surface area contributed by atoms with Crippen LogP contribution in [0.5, 0.6) is 0 Å². The van der Waals surface area contributed by atoms with Crippen LogP contribution in [-0.2, 0) is 9.59 Å². The quantitative estimate of drug-likeness (QED) is 0.654. The van der Waals surface area contributed by atoms with Crippen molar-refractivity contribution >= 4 is 50.7 Å². The second-order valence-electron chi connectivity index (χ2n) is 7.11. The lowest BCUT2D eigenvalue weighted by Crippen LogP contribution is -2.44. The summed E-state index contributed by atoms with van der Waals surface area (Å²) >= 11 is 7.37. The van der Waals surface area contributed by atoms with E-state index in [1.54, 1.807) is 12.4 Å². The van der Waals surface area contributed by atoms with Crippen LogP contribution in [0.25, 0.3) is 21.2 Å². The summed E-state index contributed by atoms with van der Waals surface area (Å²) in [7, 11) is 0. The summed E-state index contributed by atoms with van der Waals surface area (Å²) < 4.78 is 0. The summed E-state index contributed by atoms with van der Waals surface area (Å²) in [6.07, 6.45) is 3.66. The lowest BCUT2D eigenvalue weighted by molar-refractivity contribution is -0.123. The Labute approximate surface area is 165 Å². The Morgan fingerprint density at radius 2 is 2.07 bits per heavy atom. The van der Waals surface area contributed by atoms with Gasteiger partial charge in [0.25, 0.3) is 0 Å². The summed E-state index contributed by atoms with van der Waals surface area (Å²) in [5.74, 6) is -0.729. The van der Waals surface area contributed by atoms with Crippen LogP contribution < -0.4 is 10.6 Å². The summed E-state index contributed by atoms with van der Waals surface area (Å²) in [5.41, 5.74) is 0.424. The molecule has 1 unspecified atom stereocenters. The highest BCUT2D eigenvalue weighted by Gasteiger charge is 2.43. The van der Waals surface area contributed by atoms with Gasteiger partial charge in [-0.3, -0.25) is 9.59 Å². The zero-order valence-electron chi connectivity index (χ0n) is 14.7. The largest absolute Gasteiger partial charge is 0.350 e. The van der Waals surface area contributed by atoms with E-state index >= 15 is 0 Å². The van der Waals surface area contributed by atoms with Gasteiger partial charge >= 0.3 is 0 Å². The highest BCUT2D eigenvalue weighted by Crippen LogP contribution is 2.33. The highest BCUT2D eigenvalue weighted by molar-refractivity contribution is 7.19. The summed E-state index contributed by atoms with van der Waals surface area (Å²) in [6.45, 7) is 3.70. The summed E-state index contributed by atoms with van der Waals surface area (Å²) in [4.78, 5) is 33.5. The zero-order valence-corrected chi connectivity index (χ0v) is 16.3. The van der Waals surface area contributed by atoms with E-state index in [0.717, 1.165) is 21.2 Å². The zero-order chi connectivity index (χ0) is 19.2. The molecule has 0 spiro atoms. The van der Waals surface area contributed by atoms with Gasteiger partial charge in [-0.05, 0) is 36.9 Å². The molecule has 2 amide bonds. The Balaban J connectivity index is 1.55. The second kappa shape index (κ2) is 6.58. The smallest absolute Gasteiger partial charge is 0.232 e. The van der Waals surface area contributed by atoms with Gasteiger partial charge < -0.3 is 10.6 Å². The molecule has 27 heavy (non-hydrogen) atoms. The average molecular weight is 401 g/mol. The molecule has 3 aromatic rings. The Hall–Kier alpha value is -2.51. The first-order valence-corrected chi connectivity index (χ1v) is 9.65. The van der Waals surface area contributed by atoms with Crippen LogP contribution >= 0.6 is 22.9 Å². The monoisotopic (exact) mass is 400 g/mol. The van der Waals surface area contributed by atoms with Crippen molar-refractivity contribution in [2.24, 2.45) is 5.92 Å². The van der Waals surface area contributed by atoms with E-state index in [4.69, 9.17) is 11.6 Å². The van der Waals surface area contributed by atoms with Crippen LogP contribution in [0.4, 0.5) is 5.13 Å². The molecule has 0 saturated carbocycles. The summed E-state index contributed by atoms with van der Waals surface area (Å²) in [5, 5.41) is 8.62. The third-order valence-electron chi connectivity index (χ3n) is 4.75. The van der Waals surface area contributed by atoms with E-state index < -0.39 is 11.5 Å². The maximum atomic E-state index is 12.6. The maximum Gasteiger partial charge on any atom is 0.232 e. The predicted octanol–water partition coefficient (Wildman–Crippen LogP) is 3.86. The molecule has 1 aliphatic rings. The number of thiazole rings is 1. The van der Waals surface area contributed by atoms with Crippen LogP contribution in [0.2, 0.25) is 5.15 Å². The standard InChI is InChI=1S/C19H17ClN4O2S/c1-19(2)13(7-16(25)24-19)17(26)23-18-22-9-14(27-18)10-3-4-11-8-21-15(20)6-12(11)5-10/h3-6,8-9,13H,7H2,1-2H3,(H,24,25)(H,22,23,26). The first-order chi connectivity index (χ1) is 12.8. The minimum atomic E-state index is -0.563. The molecule has 0 aliphatic carbocycles. The number of benzene rings is 1. The van der Waals surface area contributed by atoms with Crippen LogP contribution in [0.15, 0.2) is 36.7 Å². The van der Waals surface area contributed by atoms with Crippen molar-refractivity contribution in [3.63, 3.8) is 0 Å². The van der Waals surface area contributed by atoms with Gasteiger partial charge in [-0.15, -0.1) is 0 Å². The van der Waals surface area contributed by atoms with E-state index in [1.807, 2.05) is 38.1 Å². The number of carbonyl (C=O) groups is 2. The summed E-state index contributed by atoms with van der Waals surface area (Å²) in [6, 6.07) is 7.80. The van der Waals surface area contributed by atoms with Crippen LogP contribution in [-0.4, -0.2) is 27.3 Å². The fraction of sp³-hybridized carbons (Fsp3) is 0.263. The number of carbonyl (C=O) groups excluding carboxylic acids is 2. The molecule has 8 heteroatoms. The fourth-order valence-corrected chi connectivity index (χ4v) is 4.27. The number of anilines is 1. The molecule has 1 atom stereocenters. The molecular weight excluding hydrogens is 384 g/mol. The molecule has 1 fully saturated rings. The number of nitrogens with zero attached hydrogens (tertiary/aromatic N) is 2. The Morgan fingerprint density at radius 1 is 1.26 bits per heavy atom. The predicted molar refractivity (Wildman–Crippen MR) is 107 cm³/mol. The van der Waals surface area contributed by atoms with Gasteiger partial charge in [-0.1, -0.05) is 35.1 Å². The number of amides is 2. The minimum Gasteiger partial charge on any atom is -0.350 e. The number of hydrogen-bond acceptors (Lipinski definition) is 5. The number of fused-ring (bicyclic) bond motifs is 1. The Morgan fingerprint density at radius 3 is 2.81 bits per heavy atom. The van der Waals surface area contributed by atoms with Crippen molar-refractivity contribution in [2.45, 2.75) is 25.8 Å². The molecule has 3 heterocycles. The third kappa shape index (κ3) is 3.52. The van der Waals surface area contributed by atoms with E-state index in [2.05, 4.69) is 20.6 Å². The van der Waals surface area contributed by atoms with Gasteiger partial charge in [-0.25, -0.2) is 9.97 Å². The van der Waals surface area contributed by atoms with Crippen molar-refractivity contribution in [1.82, 2.24) is 15.3 Å². The third-order valence-corrected chi connectivity index (χ3v) is 5.92. The molecular formula is C19H17ClN4O2S. The molecule has 1 aromatic carbocycles. The molecule has 6 nitrogen and oxygen atoms in total. The van der Waals surface area contributed by atoms with E-state index in [1.165, 1.54) is 11.3 Å². The number of hydrogen-bond donors (Lipinski definition) is 2. The normalized spacial score (nSPS) is 18.5. The minimum absolute atomic E-state index is 0.107. The molecule has 2 N–H and O–H groups in total. The first kappa shape index (κ1) is 17.9. The SMILES string of the molecule is CC1(C)NC(=O)CC1C(=O)Nc1ncc(-c2ccc3cnc(Cl)cc3c2)s1. The number of aromatic nitrogens is 2. The Bertz CT molecular complexity index is 1060. The lowest BCUT2D eigenvalue weighted by atomic mass is 9.88. The van der Waals surface area contributed by atoms with Crippen LogP contribution in [0.3, 0.4) is 0 Å². The molecule has 2 aromatic heterocycles. The number of rotatable bonds is 3. The molecule has 0 bridgehead atoms.